The zero-order valence-electron chi connectivity index (χ0n) is 14.2. The van der Waals surface area contributed by atoms with E-state index in [1.807, 2.05) is 0 Å². The van der Waals surface area contributed by atoms with Crippen LogP contribution in [0.4, 0.5) is 5.69 Å². The molecule has 2 N–H and O–H groups in total. The standard InChI is InChI=1S/C16H22N2O6.2H2/c1-5-22-15(20)13-10(2)17-7-12(13)18-6-11-8-21-9-23-16(3,4)24-14(11)19;;/h6-7,17-18H,5,8-9H2,1-4H3;2*1H/b11-6-;;. The number of rotatable bonds is 4. The number of H-pyrrole nitrogens is 1. The lowest BCUT2D eigenvalue weighted by molar-refractivity contribution is -0.249. The number of cyclic esters (lactones) is 1. The van der Waals surface area contributed by atoms with Crippen LogP contribution < -0.4 is 5.32 Å². The third kappa shape index (κ3) is 4.36. The van der Waals surface area contributed by atoms with Gasteiger partial charge in [0.2, 0.25) is 5.79 Å². The third-order valence-corrected chi connectivity index (χ3v) is 3.31. The van der Waals surface area contributed by atoms with Crippen LogP contribution >= 0.6 is 0 Å². The lowest BCUT2D eigenvalue weighted by Crippen LogP contribution is -2.36. The topological polar surface area (TPSA) is 98.9 Å². The Morgan fingerprint density at radius 2 is 2.29 bits per heavy atom. The van der Waals surface area contributed by atoms with Crippen LogP contribution in [0.5, 0.6) is 0 Å². The highest BCUT2D eigenvalue weighted by molar-refractivity contribution is 5.97. The van der Waals surface area contributed by atoms with E-state index in [-0.39, 0.29) is 28.4 Å². The summed E-state index contributed by atoms with van der Waals surface area (Å²) in [6.45, 7) is 7.06. The van der Waals surface area contributed by atoms with E-state index in [9.17, 15) is 9.59 Å². The molecule has 0 radical (unpaired) electrons. The molecule has 1 aromatic heterocycles. The van der Waals surface area contributed by atoms with E-state index >= 15 is 0 Å². The molecule has 1 saturated heterocycles. The zero-order valence-corrected chi connectivity index (χ0v) is 14.2. The van der Waals surface area contributed by atoms with Gasteiger partial charge in [-0.1, -0.05) is 0 Å². The molecule has 1 fully saturated rings. The van der Waals surface area contributed by atoms with Gasteiger partial charge >= 0.3 is 11.9 Å². The van der Waals surface area contributed by atoms with Gasteiger partial charge < -0.3 is 29.2 Å². The second kappa shape index (κ2) is 7.50. The molecule has 0 aromatic carbocycles. The highest BCUT2D eigenvalue weighted by atomic mass is 16.8. The van der Waals surface area contributed by atoms with E-state index in [2.05, 4.69) is 10.3 Å². The van der Waals surface area contributed by atoms with Crippen molar-refractivity contribution >= 4 is 17.6 Å². The summed E-state index contributed by atoms with van der Waals surface area (Å²) in [6, 6.07) is 0. The molecule has 0 amide bonds. The Hall–Kier alpha value is -2.32. The minimum absolute atomic E-state index is 0. The smallest absolute Gasteiger partial charge is 0.342 e. The maximum atomic E-state index is 12.1. The number of anilines is 1. The lowest BCUT2D eigenvalue weighted by Gasteiger charge is -2.28. The molecule has 1 aliphatic heterocycles. The molecule has 24 heavy (non-hydrogen) atoms. The normalized spacial score (nSPS) is 19.3. The van der Waals surface area contributed by atoms with Gasteiger partial charge in [-0.15, -0.1) is 0 Å². The van der Waals surface area contributed by atoms with Crippen molar-refractivity contribution in [1.82, 2.24) is 4.98 Å². The summed E-state index contributed by atoms with van der Waals surface area (Å²) in [7, 11) is 0. The first-order valence-corrected chi connectivity index (χ1v) is 7.59. The Bertz CT molecular complexity index is 657. The predicted molar refractivity (Wildman–Crippen MR) is 89.5 cm³/mol. The molecular weight excluding hydrogens is 316 g/mol. The molecule has 0 atom stereocenters. The zero-order chi connectivity index (χ0) is 17.7. The number of aromatic amines is 1. The van der Waals surface area contributed by atoms with E-state index in [1.54, 1.807) is 33.9 Å². The van der Waals surface area contributed by atoms with E-state index < -0.39 is 17.7 Å². The summed E-state index contributed by atoms with van der Waals surface area (Å²) in [5, 5.41) is 2.93. The largest absolute Gasteiger partial charge is 0.462 e. The molecule has 0 unspecified atom stereocenters. The van der Waals surface area contributed by atoms with Crippen LogP contribution in [0, 0.1) is 6.92 Å². The van der Waals surface area contributed by atoms with Crippen LogP contribution in [0.25, 0.3) is 0 Å². The van der Waals surface area contributed by atoms with Gasteiger partial charge in [0.1, 0.15) is 5.56 Å². The number of carbonyl (C=O) groups is 2. The molecule has 0 bridgehead atoms. The summed E-state index contributed by atoms with van der Waals surface area (Å²) in [6.07, 6.45) is 3.08. The number of esters is 2. The highest BCUT2D eigenvalue weighted by Crippen LogP contribution is 2.22. The van der Waals surface area contributed by atoms with Crippen molar-refractivity contribution in [3.8, 4) is 0 Å². The monoisotopic (exact) mass is 342 g/mol. The van der Waals surface area contributed by atoms with E-state index in [0.717, 1.165) is 0 Å². The second-order valence-electron chi connectivity index (χ2n) is 5.64. The molecule has 0 spiro atoms. The number of hydrogen-bond donors (Lipinski definition) is 2. The average molecular weight is 342 g/mol. The summed E-state index contributed by atoms with van der Waals surface area (Å²) in [4.78, 5) is 27.1. The molecule has 8 nitrogen and oxygen atoms in total. The summed E-state index contributed by atoms with van der Waals surface area (Å²) in [5.41, 5.74) is 1.83. The lowest BCUT2D eigenvalue weighted by atomic mass is 10.2. The van der Waals surface area contributed by atoms with Crippen molar-refractivity contribution in [3.05, 3.63) is 29.2 Å². The first-order chi connectivity index (χ1) is 11.3. The SMILES string of the molecule is CCOC(=O)c1c(N/C=C2/COCOC(C)(C)OC2=O)c[nH]c1C.[HH].[HH]. The maximum absolute atomic E-state index is 12.1. The minimum atomic E-state index is -1.07. The number of carbonyl (C=O) groups excluding carboxylic acids is 2. The third-order valence-electron chi connectivity index (χ3n) is 3.31. The van der Waals surface area contributed by atoms with Crippen LogP contribution in [0.1, 0.15) is 39.7 Å². The quantitative estimate of drug-likeness (QED) is 0.641. The van der Waals surface area contributed by atoms with Crippen molar-refractivity contribution in [2.45, 2.75) is 33.5 Å². The van der Waals surface area contributed by atoms with Gasteiger partial charge in [-0.05, 0) is 13.8 Å². The van der Waals surface area contributed by atoms with Gasteiger partial charge in [0, 0.05) is 34.8 Å². The molecule has 2 rings (SSSR count). The van der Waals surface area contributed by atoms with Crippen molar-refractivity contribution in [1.29, 1.82) is 0 Å². The second-order valence-corrected chi connectivity index (χ2v) is 5.64. The molecule has 8 heteroatoms. The maximum Gasteiger partial charge on any atom is 0.342 e. The van der Waals surface area contributed by atoms with Crippen LogP contribution in [0.2, 0.25) is 0 Å². The van der Waals surface area contributed by atoms with Gasteiger partial charge in [0.25, 0.3) is 0 Å². The first-order valence-electron chi connectivity index (χ1n) is 7.59. The minimum Gasteiger partial charge on any atom is -0.462 e. The Labute approximate surface area is 143 Å². The molecule has 2 heterocycles. The van der Waals surface area contributed by atoms with Gasteiger partial charge in [-0.25, -0.2) is 9.59 Å². The Morgan fingerprint density at radius 1 is 1.54 bits per heavy atom. The van der Waals surface area contributed by atoms with Crippen molar-refractivity contribution in [2.24, 2.45) is 0 Å². The molecule has 1 aromatic rings. The fraction of sp³-hybridized carbons (Fsp3) is 0.500. The highest BCUT2D eigenvalue weighted by Gasteiger charge is 2.28. The van der Waals surface area contributed by atoms with Crippen molar-refractivity contribution < 1.29 is 31.4 Å². The Kier molecular flexibility index (Phi) is 5.63. The van der Waals surface area contributed by atoms with Gasteiger partial charge in [-0.3, -0.25) is 0 Å². The fourth-order valence-electron chi connectivity index (χ4n) is 2.08. The van der Waals surface area contributed by atoms with Gasteiger partial charge in [0.05, 0.1) is 24.5 Å². The van der Waals surface area contributed by atoms with Crippen LogP contribution in [-0.2, 0) is 23.7 Å². The summed E-state index contributed by atoms with van der Waals surface area (Å²) in [5.74, 6) is -2.07. The molecule has 136 valence electrons. The number of aryl methyl sites for hydroxylation is 1. The van der Waals surface area contributed by atoms with Crippen LogP contribution in [0.15, 0.2) is 18.0 Å². The van der Waals surface area contributed by atoms with Crippen LogP contribution in [0.3, 0.4) is 0 Å². The number of ether oxygens (including phenoxy) is 4. The Balaban J connectivity index is 0.00000312. The van der Waals surface area contributed by atoms with Gasteiger partial charge in [0.15, 0.2) is 6.79 Å². The van der Waals surface area contributed by atoms with E-state index in [1.165, 1.54) is 6.20 Å². The summed E-state index contributed by atoms with van der Waals surface area (Å²) >= 11 is 0. The molecular formula is C16H26N2O6. The molecule has 1 aliphatic rings. The van der Waals surface area contributed by atoms with Crippen molar-refractivity contribution in [2.75, 3.05) is 25.3 Å². The molecule has 0 saturated carbocycles. The Morgan fingerprint density at radius 3 is 3.00 bits per heavy atom. The number of aromatic nitrogens is 1. The average Bonchev–Trinajstić information content (AvgIpc) is 2.85. The van der Waals surface area contributed by atoms with Crippen LogP contribution in [-0.4, -0.2) is 42.7 Å². The van der Waals surface area contributed by atoms with Crippen molar-refractivity contribution in [3.63, 3.8) is 0 Å². The van der Waals surface area contributed by atoms with E-state index in [0.29, 0.717) is 16.9 Å². The molecule has 0 aliphatic carbocycles. The van der Waals surface area contributed by atoms with E-state index in [4.69, 9.17) is 18.9 Å². The number of hydrogen-bond acceptors (Lipinski definition) is 7. The van der Waals surface area contributed by atoms with Gasteiger partial charge in [-0.2, -0.15) is 0 Å². The summed E-state index contributed by atoms with van der Waals surface area (Å²) < 4.78 is 20.8. The predicted octanol–water partition coefficient (Wildman–Crippen LogP) is 2.57. The first kappa shape index (κ1) is 18.0. The number of nitrogens with one attached hydrogen (secondary N) is 2. The fourth-order valence-corrected chi connectivity index (χ4v) is 2.08.